The molecule has 0 aromatic rings. The Hall–Kier alpha value is -0.270. The third-order valence-electron chi connectivity index (χ3n) is 1.86. The van der Waals surface area contributed by atoms with Crippen LogP contribution in [0.3, 0.4) is 0 Å². The van der Waals surface area contributed by atoms with Crippen LogP contribution in [0.25, 0.3) is 0 Å². The highest BCUT2D eigenvalue weighted by molar-refractivity contribution is 4.91. The number of ether oxygens (including phenoxy) is 1. The summed E-state index contributed by atoms with van der Waals surface area (Å²) in [6, 6.07) is 0. The molecule has 0 bridgehead atoms. The van der Waals surface area contributed by atoms with Gasteiger partial charge in [-0.1, -0.05) is 0 Å². The minimum Gasteiger partial charge on any atom is -0.391 e. The van der Waals surface area contributed by atoms with Gasteiger partial charge in [-0.15, -0.1) is 0 Å². The first-order valence-corrected chi connectivity index (χ1v) is 3.48. The molecule has 1 heterocycles. The van der Waals surface area contributed by atoms with Gasteiger partial charge in [-0.05, 0) is 0 Å². The van der Waals surface area contributed by atoms with Gasteiger partial charge in [-0.3, -0.25) is 0 Å². The third-order valence-corrected chi connectivity index (χ3v) is 1.86. The van der Waals surface area contributed by atoms with Crippen molar-refractivity contribution in [2.75, 3.05) is 13.2 Å². The number of rotatable bonds is 1. The molecule has 5 nitrogen and oxygen atoms in total. The van der Waals surface area contributed by atoms with E-state index in [2.05, 4.69) is 4.74 Å². The molecule has 1 aliphatic rings. The van der Waals surface area contributed by atoms with Gasteiger partial charge in [0.2, 0.25) is 5.79 Å². The number of hydrogen-bond acceptors (Lipinski definition) is 5. The maximum atomic E-state index is 12.9. The maximum Gasteiger partial charge on any atom is 0.224 e. The van der Waals surface area contributed by atoms with Crippen LogP contribution in [-0.4, -0.2) is 57.8 Å². The average Bonchev–Trinajstić information content (AvgIpc) is 2.09. The van der Waals surface area contributed by atoms with Crippen LogP contribution in [0.1, 0.15) is 0 Å². The summed E-state index contributed by atoms with van der Waals surface area (Å²) in [6.07, 6.45) is -5.30. The molecule has 72 valence electrons. The minimum absolute atomic E-state index is 0.404. The Labute approximate surface area is 68.0 Å². The standard InChI is InChI=1S/C6H11FO5/c7-5-4(10)3(9)1-12-6(5,11)2-8/h3-5,8-11H,1-2H2. The lowest BCUT2D eigenvalue weighted by Crippen LogP contribution is -2.60. The van der Waals surface area contributed by atoms with Gasteiger partial charge in [0.1, 0.15) is 18.8 Å². The summed E-state index contributed by atoms with van der Waals surface area (Å²) in [7, 11) is 0. The molecule has 0 amide bonds. The Bertz CT molecular complexity index is 166. The Morgan fingerprint density at radius 3 is 2.58 bits per heavy atom. The lowest BCUT2D eigenvalue weighted by molar-refractivity contribution is -0.316. The van der Waals surface area contributed by atoms with E-state index in [0.29, 0.717) is 0 Å². The topological polar surface area (TPSA) is 90.2 Å². The van der Waals surface area contributed by atoms with Crippen molar-refractivity contribution < 1.29 is 29.6 Å². The van der Waals surface area contributed by atoms with E-state index >= 15 is 0 Å². The monoisotopic (exact) mass is 182 g/mol. The van der Waals surface area contributed by atoms with Crippen LogP contribution in [0.5, 0.6) is 0 Å². The van der Waals surface area contributed by atoms with Crippen molar-refractivity contribution in [1.29, 1.82) is 0 Å². The van der Waals surface area contributed by atoms with Crippen molar-refractivity contribution in [3.05, 3.63) is 0 Å². The first kappa shape index (κ1) is 9.82. The fourth-order valence-corrected chi connectivity index (χ4v) is 1.00. The molecule has 4 atom stereocenters. The molecule has 0 radical (unpaired) electrons. The molecule has 0 aromatic heterocycles. The summed E-state index contributed by atoms with van der Waals surface area (Å²) in [4.78, 5) is 0. The van der Waals surface area contributed by atoms with Crippen LogP contribution in [-0.2, 0) is 4.74 Å². The van der Waals surface area contributed by atoms with Crippen LogP contribution < -0.4 is 0 Å². The molecule has 4 unspecified atom stereocenters. The number of aliphatic hydroxyl groups is 4. The Kier molecular flexibility index (Phi) is 2.64. The number of hydrogen-bond donors (Lipinski definition) is 4. The highest BCUT2D eigenvalue weighted by atomic mass is 19.1. The smallest absolute Gasteiger partial charge is 0.224 e. The van der Waals surface area contributed by atoms with Crippen molar-refractivity contribution in [2.45, 2.75) is 24.2 Å². The number of aliphatic hydroxyl groups excluding tert-OH is 3. The van der Waals surface area contributed by atoms with Gasteiger partial charge in [-0.25, -0.2) is 4.39 Å². The zero-order valence-corrected chi connectivity index (χ0v) is 6.22. The summed E-state index contributed by atoms with van der Waals surface area (Å²) in [6.45, 7) is -1.36. The lowest BCUT2D eigenvalue weighted by atomic mass is 9.99. The van der Waals surface area contributed by atoms with E-state index < -0.39 is 37.4 Å². The first-order valence-electron chi connectivity index (χ1n) is 3.48. The fraction of sp³-hybridized carbons (Fsp3) is 1.00. The molecule has 0 saturated carbocycles. The Balaban J connectivity index is 2.71. The van der Waals surface area contributed by atoms with E-state index in [9.17, 15) is 4.39 Å². The lowest BCUT2D eigenvalue weighted by Gasteiger charge is -2.38. The molecule has 1 fully saturated rings. The molecule has 12 heavy (non-hydrogen) atoms. The number of halogens is 1. The van der Waals surface area contributed by atoms with Crippen LogP contribution in [0.2, 0.25) is 0 Å². The third kappa shape index (κ3) is 1.44. The molecule has 4 N–H and O–H groups in total. The van der Waals surface area contributed by atoms with Gasteiger partial charge in [0.25, 0.3) is 0 Å². The summed E-state index contributed by atoms with van der Waals surface area (Å²) in [5.74, 6) is -2.39. The summed E-state index contributed by atoms with van der Waals surface area (Å²) >= 11 is 0. The average molecular weight is 182 g/mol. The van der Waals surface area contributed by atoms with Gasteiger partial charge in [0.05, 0.1) is 6.61 Å². The molecule has 1 aliphatic heterocycles. The Morgan fingerprint density at radius 1 is 1.50 bits per heavy atom. The van der Waals surface area contributed by atoms with Crippen molar-refractivity contribution in [2.24, 2.45) is 0 Å². The molecular formula is C6H11FO5. The normalized spacial score (nSPS) is 49.2. The van der Waals surface area contributed by atoms with Crippen LogP contribution in [0.4, 0.5) is 4.39 Å². The van der Waals surface area contributed by atoms with Crippen molar-refractivity contribution in [3.8, 4) is 0 Å². The highest BCUT2D eigenvalue weighted by Gasteiger charge is 2.49. The Morgan fingerprint density at radius 2 is 2.08 bits per heavy atom. The van der Waals surface area contributed by atoms with E-state index in [1.165, 1.54) is 0 Å². The number of alkyl halides is 1. The summed E-state index contributed by atoms with van der Waals surface area (Å²) < 4.78 is 17.4. The van der Waals surface area contributed by atoms with E-state index in [1.807, 2.05) is 0 Å². The molecule has 0 aliphatic carbocycles. The second-order valence-corrected chi connectivity index (χ2v) is 2.77. The van der Waals surface area contributed by atoms with Crippen LogP contribution >= 0.6 is 0 Å². The van der Waals surface area contributed by atoms with E-state index in [4.69, 9.17) is 20.4 Å². The molecular weight excluding hydrogens is 171 g/mol. The minimum atomic E-state index is -2.39. The summed E-state index contributed by atoms with van der Waals surface area (Å²) in [5.41, 5.74) is 0. The first-order chi connectivity index (χ1) is 5.51. The van der Waals surface area contributed by atoms with E-state index in [0.717, 1.165) is 0 Å². The van der Waals surface area contributed by atoms with Crippen LogP contribution in [0.15, 0.2) is 0 Å². The quantitative estimate of drug-likeness (QED) is 0.368. The van der Waals surface area contributed by atoms with Gasteiger partial charge >= 0.3 is 0 Å². The second-order valence-electron chi connectivity index (χ2n) is 2.77. The maximum absolute atomic E-state index is 12.9. The van der Waals surface area contributed by atoms with Gasteiger partial charge in [0.15, 0.2) is 6.17 Å². The van der Waals surface area contributed by atoms with E-state index in [1.54, 1.807) is 0 Å². The van der Waals surface area contributed by atoms with Crippen molar-refractivity contribution in [3.63, 3.8) is 0 Å². The van der Waals surface area contributed by atoms with E-state index in [-0.39, 0.29) is 0 Å². The zero-order valence-electron chi connectivity index (χ0n) is 6.22. The molecule has 6 heteroatoms. The summed E-state index contributed by atoms with van der Waals surface area (Å²) in [5, 5.41) is 35.4. The van der Waals surface area contributed by atoms with Gasteiger partial charge < -0.3 is 25.2 Å². The molecule has 0 aromatic carbocycles. The fourth-order valence-electron chi connectivity index (χ4n) is 1.00. The van der Waals surface area contributed by atoms with Gasteiger partial charge in [0, 0.05) is 0 Å². The predicted octanol–water partition coefficient (Wildman–Crippen LogP) is -2.24. The zero-order chi connectivity index (χ0) is 9.35. The van der Waals surface area contributed by atoms with Crippen molar-refractivity contribution in [1.82, 2.24) is 0 Å². The predicted molar refractivity (Wildman–Crippen MR) is 34.9 cm³/mol. The van der Waals surface area contributed by atoms with Gasteiger partial charge in [-0.2, -0.15) is 0 Å². The largest absolute Gasteiger partial charge is 0.391 e. The molecule has 1 saturated heterocycles. The van der Waals surface area contributed by atoms with Crippen molar-refractivity contribution >= 4 is 0 Å². The highest BCUT2D eigenvalue weighted by Crippen LogP contribution is 2.25. The molecule has 1 rings (SSSR count). The SMILES string of the molecule is OCC1(O)OCC(O)C(O)C1F. The van der Waals surface area contributed by atoms with Crippen LogP contribution in [0, 0.1) is 0 Å². The molecule has 0 spiro atoms. The second kappa shape index (κ2) is 3.23.